The Morgan fingerprint density at radius 2 is 1.37 bits per heavy atom. The van der Waals surface area contributed by atoms with Crippen LogP contribution in [0.3, 0.4) is 0 Å². The first-order valence-corrected chi connectivity index (χ1v) is 11.1. The van der Waals surface area contributed by atoms with Crippen LogP contribution in [0.1, 0.15) is 70.7 Å². The van der Waals surface area contributed by atoms with E-state index in [0.717, 1.165) is 12.1 Å². The fourth-order valence-electron chi connectivity index (χ4n) is 3.90. The summed E-state index contributed by atoms with van der Waals surface area (Å²) in [5, 5.41) is 0. The van der Waals surface area contributed by atoms with E-state index < -0.39 is 0 Å². The van der Waals surface area contributed by atoms with Crippen LogP contribution < -0.4 is 0 Å². The van der Waals surface area contributed by atoms with E-state index in [4.69, 9.17) is 0 Å². The third-order valence-corrected chi connectivity index (χ3v) is 6.12. The van der Waals surface area contributed by atoms with E-state index in [0.29, 0.717) is 5.92 Å². The molecule has 1 heteroatoms. The molecule has 0 aromatic heterocycles. The molecule has 1 nitrogen and oxygen atoms in total. The maximum atomic E-state index is 4.40. The van der Waals surface area contributed by atoms with Crippen LogP contribution in [0, 0.1) is 18.3 Å². The van der Waals surface area contributed by atoms with Crippen molar-refractivity contribution in [1.82, 2.24) is 0 Å². The molecular formula is C29H41N. The Kier molecular flexibility index (Phi) is 9.49. The van der Waals surface area contributed by atoms with Crippen LogP contribution in [0.15, 0.2) is 79.0 Å². The molecule has 0 N–H and O–H groups in total. The van der Waals surface area contributed by atoms with Gasteiger partial charge in [0.15, 0.2) is 0 Å². The van der Waals surface area contributed by atoms with Crippen molar-refractivity contribution in [1.29, 1.82) is 0 Å². The standard InChI is InChI=1S/C27H35N.C2H6/c1-9-25(28-10-2)26(6,7)19-22-13-17-24(18-14-22)27(8,20(3)4)23-15-11-21(5)12-16-23;1-2/h9-18,20H,1-2,19H2,3-8H3;1-2H3. The average Bonchev–Trinajstić information content (AvgIpc) is 2.73. The Bertz CT molecular complexity index is 835. The van der Waals surface area contributed by atoms with Crippen LogP contribution in [-0.2, 0) is 11.8 Å². The van der Waals surface area contributed by atoms with Gasteiger partial charge in [-0.2, -0.15) is 0 Å². The topological polar surface area (TPSA) is 12.4 Å². The van der Waals surface area contributed by atoms with Crippen LogP contribution in [0.4, 0.5) is 0 Å². The van der Waals surface area contributed by atoms with Gasteiger partial charge in [-0.05, 0) is 42.0 Å². The molecule has 30 heavy (non-hydrogen) atoms. The molecule has 0 radical (unpaired) electrons. The highest BCUT2D eigenvalue weighted by Gasteiger charge is 2.32. The van der Waals surface area contributed by atoms with Crippen molar-refractivity contribution in [2.24, 2.45) is 16.3 Å². The van der Waals surface area contributed by atoms with Crippen LogP contribution in [0.5, 0.6) is 0 Å². The lowest BCUT2D eigenvalue weighted by atomic mass is 9.68. The van der Waals surface area contributed by atoms with Crippen molar-refractivity contribution in [3.05, 3.63) is 96.2 Å². The minimum absolute atomic E-state index is 0.0156. The van der Waals surface area contributed by atoms with E-state index >= 15 is 0 Å². The number of rotatable bonds is 8. The number of nitrogens with zero attached hydrogens (tertiary/aromatic N) is 1. The Labute approximate surface area is 185 Å². The number of hydrogen-bond acceptors (Lipinski definition) is 1. The first-order valence-electron chi connectivity index (χ1n) is 11.1. The zero-order chi connectivity index (χ0) is 22.9. The highest BCUT2D eigenvalue weighted by Crippen LogP contribution is 2.39. The van der Waals surface area contributed by atoms with Crippen LogP contribution in [0.2, 0.25) is 0 Å². The number of hydrogen-bond donors (Lipinski definition) is 0. The molecule has 0 amide bonds. The van der Waals surface area contributed by atoms with Crippen molar-refractivity contribution in [2.45, 2.75) is 67.2 Å². The van der Waals surface area contributed by atoms with E-state index in [1.165, 1.54) is 22.3 Å². The number of aryl methyl sites for hydroxylation is 1. The van der Waals surface area contributed by atoms with E-state index in [1.807, 2.05) is 19.9 Å². The second-order valence-electron chi connectivity index (χ2n) is 8.88. The van der Waals surface area contributed by atoms with Gasteiger partial charge < -0.3 is 0 Å². The molecule has 0 aliphatic carbocycles. The van der Waals surface area contributed by atoms with Gasteiger partial charge in [-0.1, -0.05) is 116 Å². The predicted molar refractivity (Wildman–Crippen MR) is 136 cm³/mol. The summed E-state index contributed by atoms with van der Waals surface area (Å²) in [6.07, 6.45) is 4.34. The van der Waals surface area contributed by atoms with Gasteiger partial charge in [0, 0.05) is 22.7 Å². The van der Waals surface area contributed by atoms with E-state index in [9.17, 15) is 0 Å². The zero-order valence-electron chi connectivity index (χ0n) is 20.4. The van der Waals surface area contributed by atoms with Gasteiger partial charge in [0.25, 0.3) is 0 Å². The van der Waals surface area contributed by atoms with Crippen molar-refractivity contribution in [3.8, 4) is 0 Å². The Morgan fingerprint density at radius 1 is 0.900 bits per heavy atom. The van der Waals surface area contributed by atoms with Gasteiger partial charge >= 0.3 is 0 Å². The molecule has 0 heterocycles. The summed E-state index contributed by atoms with van der Waals surface area (Å²) >= 11 is 0. The minimum atomic E-state index is -0.0875. The van der Waals surface area contributed by atoms with E-state index in [2.05, 4.69) is 108 Å². The summed E-state index contributed by atoms with van der Waals surface area (Å²) in [5.74, 6) is 0.490. The third kappa shape index (κ3) is 5.81. The summed E-state index contributed by atoms with van der Waals surface area (Å²) in [4.78, 5) is 4.40. The summed E-state index contributed by atoms with van der Waals surface area (Å²) < 4.78 is 0. The van der Waals surface area contributed by atoms with Gasteiger partial charge in [0.1, 0.15) is 0 Å². The summed E-state index contributed by atoms with van der Waals surface area (Å²) in [6, 6.07) is 18.1. The highest BCUT2D eigenvalue weighted by molar-refractivity contribution is 5.99. The molecule has 2 aromatic carbocycles. The molecule has 1 unspecified atom stereocenters. The molecule has 2 aromatic rings. The van der Waals surface area contributed by atoms with Crippen LogP contribution in [-0.4, -0.2) is 5.71 Å². The van der Waals surface area contributed by atoms with Crippen molar-refractivity contribution in [2.75, 3.05) is 0 Å². The number of allylic oxidation sites excluding steroid dienone is 1. The first kappa shape index (κ1) is 25.6. The lowest BCUT2D eigenvalue weighted by Gasteiger charge is -2.35. The minimum Gasteiger partial charge on any atom is -0.261 e. The van der Waals surface area contributed by atoms with E-state index in [-0.39, 0.29) is 10.8 Å². The lowest BCUT2D eigenvalue weighted by molar-refractivity contribution is 0.405. The smallest absolute Gasteiger partial charge is 0.0456 e. The molecule has 2 rings (SSSR count). The lowest BCUT2D eigenvalue weighted by Crippen LogP contribution is -2.30. The molecule has 0 aliphatic heterocycles. The van der Waals surface area contributed by atoms with Gasteiger partial charge in [-0.3, -0.25) is 4.99 Å². The normalized spacial score (nSPS) is 13.8. The van der Waals surface area contributed by atoms with Crippen LogP contribution in [0.25, 0.3) is 0 Å². The molecule has 1 atom stereocenters. The fraction of sp³-hybridized carbons (Fsp3) is 0.414. The fourth-order valence-corrected chi connectivity index (χ4v) is 3.90. The van der Waals surface area contributed by atoms with Gasteiger partial charge in [0.2, 0.25) is 0 Å². The van der Waals surface area contributed by atoms with Gasteiger partial charge in [-0.15, -0.1) is 0 Å². The quantitative estimate of drug-likeness (QED) is 0.393. The predicted octanol–water partition coefficient (Wildman–Crippen LogP) is 8.32. The molecule has 0 saturated heterocycles. The van der Waals surface area contributed by atoms with Gasteiger partial charge in [-0.25, -0.2) is 0 Å². The molecular weight excluding hydrogens is 362 g/mol. The SMILES string of the molecule is C=CN=C(C=C)C(C)(C)Cc1ccc(C(C)(c2ccc(C)cc2)C(C)C)cc1.CC. The Morgan fingerprint density at radius 3 is 1.77 bits per heavy atom. The van der Waals surface area contributed by atoms with Gasteiger partial charge in [0.05, 0.1) is 0 Å². The summed E-state index contributed by atoms with van der Waals surface area (Å²) in [5.41, 5.74) is 6.20. The molecule has 162 valence electrons. The second-order valence-corrected chi connectivity index (χ2v) is 8.88. The van der Waals surface area contributed by atoms with Crippen molar-refractivity contribution in [3.63, 3.8) is 0 Å². The molecule has 0 aliphatic rings. The maximum absolute atomic E-state index is 4.40. The molecule has 0 fully saturated rings. The second kappa shape index (κ2) is 11.1. The van der Waals surface area contributed by atoms with E-state index in [1.54, 1.807) is 6.20 Å². The number of benzene rings is 2. The highest BCUT2D eigenvalue weighted by atomic mass is 14.7. The first-order chi connectivity index (χ1) is 14.1. The summed E-state index contributed by atoms with van der Waals surface area (Å²) in [7, 11) is 0. The van der Waals surface area contributed by atoms with Crippen LogP contribution >= 0.6 is 0 Å². The average molecular weight is 404 g/mol. The molecule has 0 saturated carbocycles. The Hall–Kier alpha value is -2.41. The van der Waals surface area contributed by atoms with Crippen molar-refractivity contribution < 1.29 is 0 Å². The third-order valence-electron chi connectivity index (χ3n) is 6.12. The zero-order valence-corrected chi connectivity index (χ0v) is 20.4. The van der Waals surface area contributed by atoms with Crippen molar-refractivity contribution >= 4 is 5.71 Å². The summed E-state index contributed by atoms with van der Waals surface area (Å²) in [6.45, 7) is 25.1. The maximum Gasteiger partial charge on any atom is 0.0456 e. The number of aliphatic imine (C=N–C) groups is 1. The molecule has 0 spiro atoms. The Balaban J connectivity index is 0.00000218. The molecule has 0 bridgehead atoms. The largest absolute Gasteiger partial charge is 0.261 e. The monoisotopic (exact) mass is 403 g/mol.